The molecule has 12 heteroatoms. The van der Waals surface area contributed by atoms with Gasteiger partial charge in [0.25, 0.3) is 0 Å². The maximum atomic E-state index is 13.2. The molecule has 0 saturated carbocycles. The second kappa shape index (κ2) is 10.7. The van der Waals surface area contributed by atoms with E-state index in [0.717, 1.165) is 19.4 Å². The highest BCUT2D eigenvalue weighted by molar-refractivity contribution is 7.89. The van der Waals surface area contributed by atoms with Gasteiger partial charge in [-0.15, -0.1) is 0 Å². The van der Waals surface area contributed by atoms with Crippen LogP contribution in [0.5, 0.6) is 0 Å². The lowest BCUT2D eigenvalue weighted by Crippen LogP contribution is -2.40. The Hall–Kier alpha value is -2.67. The number of aryl methyl sites for hydroxylation is 1. The van der Waals surface area contributed by atoms with E-state index in [1.54, 1.807) is 38.1 Å². The monoisotopic (exact) mass is 493 g/mol. The minimum absolute atomic E-state index is 0.0979. The summed E-state index contributed by atoms with van der Waals surface area (Å²) in [6, 6.07) is 5.80. The summed E-state index contributed by atoms with van der Waals surface area (Å²) in [4.78, 5) is 12.8. The Bertz CT molecular complexity index is 1090. The Labute approximate surface area is 199 Å². The first kappa shape index (κ1) is 24.5. The number of rotatable bonds is 9. The average Bonchev–Trinajstić information content (AvgIpc) is 3.50. The number of aromatic nitrogens is 1. The zero-order valence-electron chi connectivity index (χ0n) is 19.4. The lowest BCUT2D eigenvalue weighted by atomic mass is 10.2. The van der Waals surface area contributed by atoms with Crippen molar-refractivity contribution in [2.75, 3.05) is 55.4 Å². The molecule has 4 rings (SSSR count). The van der Waals surface area contributed by atoms with Crippen LogP contribution in [0.4, 0.5) is 17.2 Å². The Kier molecular flexibility index (Phi) is 7.71. The first-order valence-electron chi connectivity index (χ1n) is 11.4. The van der Waals surface area contributed by atoms with E-state index in [-0.39, 0.29) is 16.9 Å². The summed E-state index contributed by atoms with van der Waals surface area (Å²) in [7, 11) is -3.70. The van der Waals surface area contributed by atoms with Gasteiger partial charge < -0.3 is 29.9 Å². The fraction of sp³-hybridized carbons (Fsp3) is 0.545. The van der Waals surface area contributed by atoms with Gasteiger partial charge in [-0.3, -0.25) is 4.79 Å². The van der Waals surface area contributed by atoms with E-state index in [1.165, 1.54) is 4.31 Å². The highest BCUT2D eigenvalue weighted by Gasteiger charge is 2.28. The molecule has 2 saturated heterocycles. The number of carbonyl (C=O) groups is 1. The zero-order valence-corrected chi connectivity index (χ0v) is 20.2. The number of hydrogen-bond donors (Lipinski definition) is 3. The maximum Gasteiger partial charge on any atom is 0.247 e. The van der Waals surface area contributed by atoms with Gasteiger partial charge in [0.05, 0.1) is 35.6 Å². The molecule has 3 heterocycles. The molecule has 3 N–H and O–H groups in total. The summed E-state index contributed by atoms with van der Waals surface area (Å²) in [6.45, 7) is 6.09. The number of nitrogens with zero attached hydrogens (tertiary/aromatic N) is 2. The highest BCUT2D eigenvalue weighted by atomic mass is 32.2. The quantitative estimate of drug-likeness (QED) is 0.479. The molecule has 1 amide bonds. The molecule has 2 atom stereocenters. The van der Waals surface area contributed by atoms with Crippen molar-refractivity contribution in [3.8, 4) is 0 Å². The van der Waals surface area contributed by atoms with Crippen molar-refractivity contribution in [2.24, 2.45) is 0 Å². The zero-order chi connectivity index (χ0) is 24.1. The Balaban J connectivity index is 1.54. The van der Waals surface area contributed by atoms with Crippen LogP contribution in [-0.4, -0.2) is 75.4 Å². The Morgan fingerprint density at radius 1 is 1.21 bits per heavy atom. The molecule has 0 radical (unpaired) electrons. The summed E-state index contributed by atoms with van der Waals surface area (Å²) in [5, 5.41) is 12.9. The number of anilines is 3. The minimum Gasteiger partial charge on any atom is -0.381 e. The standard InChI is InChI=1S/C22H31N5O6S/c1-15-12-21(26-33-15)25-22(28)16(2)24-20-13-18(34(29,30)27-7-10-31-11-8-27)5-6-19(20)23-14-17-4-3-9-32-17/h5-6,12-13,16-17,23-24H,3-4,7-11,14H2,1-2H3,(H,25,26,28). The molecule has 186 valence electrons. The van der Waals surface area contributed by atoms with Gasteiger partial charge in [-0.1, -0.05) is 5.16 Å². The van der Waals surface area contributed by atoms with Gasteiger partial charge in [0, 0.05) is 32.3 Å². The molecule has 2 aliphatic rings. The second-order valence-electron chi connectivity index (χ2n) is 8.42. The maximum absolute atomic E-state index is 13.2. The van der Waals surface area contributed by atoms with Crippen LogP contribution in [0, 0.1) is 6.92 Å². The molecule has 0 aliphatic carbocycles. The van der Waals surface area contributed by atoms with Gasteiger partial charge in [0.2, 0.25) is 15.9 Å². The van der Waals surface area contributed by atoms with Crippen LogP contribution in [0.1, 0.15) is 25.5 Å². The largest absolute Gasteiger partial charge is 0.381 e. The summed E-state index contributed by atoms with van der Waals surface area (Å²) in [5.74, 6) is 0.564. The van der Waals surface area contributed by atoms with Crippen LogP contribution in [0.3, 0.4) is 0 Å². The fourth-order valence-electron chi connectivity index (χ4n) is 3.88. The van der Waals surface area contributed by atoms with Crippen LogP contribution in [0.2, 0.25) is 0 Å². The van der Waals surface area contributed by atoms with E-state index in [4.69, 9.17) is 14.0 Å². The Morgan fingerprint density at radius 2 is 2.00 bits per heavy atom. The number of benzene rings is 1. The Morgan fingerprint density at radius 3 is 2.68 bits per heavy atom. The number of carbonyl (C=O) groups excluding carboxylic acids is 1. The summed E-state index contributed by atoms with van der Waals surface area (Å²) in [5.41, 5.74) is 1.19. The molecule has 2 unspecified atom stereocenters. The van der Waals surface area contributed by atoms with Crippen molar-refractivity contribution in [1.82, 2.24) is 9.46 Å². The van der Waals surface area contributed by atoms with Gasteiger partial charge in [0.1, 0.15) is 11.8 Å². The number of hydrogen-bond acceptors (Lipinski definition) is 9. The van der Waals surface area contributed by atoms with Crippen molar-refractivity contribution in [2.45, 2.75) is 43.7 Å². The molecule has 1 aromatic heterocycles. The first-order chi connectivity index (χ1) is 16.3. The third-order valence-electron chi connectivity index (χ3n) is 5.79. The predicted octanol–water partition coefficient (Wildman–Crippen LogP) is 2.03. The fourth-order valence-corrected chi connectivity index (χ4v) is 5.32. The smallest absolute Gasteiger partial charge is 0.247 e. The molecular formula is C22H31N5O6S. The lowest BCUT2D eigenvalue weighted by molar-refractivity contribution is -0.116. The summed E-state index contributed by atoms with van der Waals surface area (Å²) in [6.07, 6.45) is 2.09. The van der Waals surface area contributed by atoms with Crippen LogP contribution in [0.25, 0.3) is 0 Å². The first-order valence-corrected chi connectivity index (χ1v) is 12.8. The van der Waals surface area contributed by atoms with E-state index < -0.39 is 16.1 Å². The van der Waals surface area contributed by atoms with Gasteiger partial charge in [0.15, 0.2) is 5.82 Å². The third kappa shape index (κ3) is 5.87. The van der Waals surface area contributed by atoms with E-state index in [1.807, 2.05) is 0 Å². The highest BCUT2D eigenvalue weighted by Crippen LogP contribution is 2.29. The van der Waals surface area contributed by atoms with E-state index in [2.05, 4.69) is 21.1 Å². The molecule has 0 spiro atoms. The molecule has 11 nitrogen and oxygen atoms in total. The van der Waals surface area contributed by atoms with Crippen LogP contribution in [0.15, 0.2) is 33.7 Å². The number of ether oxygens (including phenoxy) is 2. The summed E-state index contributed by atoms with van der Waals surface area (Å²) < 4.78 is 43.7. The van der Waals surface area contributed by atoms with E-state index in [9.17, 15) is 13.2 Å². The van der Waals surface area contributed by atoms with Crippen LogP contribution in [-0.2, 0) is 24.3 Å². The van der Waals surface area contributed by atoms with Crippen molar-refractivity contribution >= 4 is 33.1 Å². The van der Waals surface area contributed by atoms with Gasteiger partial charge in [-0.25, -0.2) is 8.42 Å². The second-order valence-corrected chi connectivity index (χ2v) is 10.4. The van der Waals surface area contributed by atoms with Crippen LogP contribution < -0.4 is 16.0 Å². The lowest BCUT2D eigenvalue weighted by Gasteiger charge is -2.27. The minimum atomic E-state index is -3.70. The molecule has 34 heavy (non-hydrogen) atoms. The number of nitrogens with one attached hydrogen (secondary N) is 3. The molecule has 2 fully saturated rings. The van der Waals surface area contributed by atoms with E-state index >= 15 is 0 Å². The van der Waals surface area contributed by atoms with E-state index in [0.29, 0.717) is 55.8 Å². The van der Waals surface area contributed by atoms with Crippen molar-refractivity contribution in [3.05, 3.63) is 30.0 Å². The molecule has 1 aromatic carbocycles. The topological polar surface area (TPSA) is 135 Å². The average molecular weight is 494 g/mol. The van der Waals surface area contributed by atoms with Crippen molar-refractivity contribution in [1.29, 1.82) is 0 Å². The third-order valence-corrected chi connectivity index (χ3v) is 7.68. The molecular weight excluding hydrogens is 462 g/mol. The SMILES string of the molecule is Cc1cc(NC(=O)C(C)Nc2cc(S(=O)(=O)N3CCOCC3)ccc2NCC2CCCO2)no1. The van der Waals surface area contributed by atoms with Gasteiger partial charge >= 0.3 is 0 Å². The molecule has 2 aliphatic heterocycles. The van der Waals surface area contributed by atoms with Gasteiger partial charge in [-0.2, -0.15) is 4.31 Å². The summed E-state index contributed by atoms with van der Waals surface area (Å²) >= 11 is 0. The number of morpholine rings is 1. The van der Waals surface area contributed by atoms with Crippen molar-refractivity contribution < 1.29 is 27.2 Å². The molecule has 0 bridgehead atoms. The number of sulfonamides is 1. The predicted molar refractivity (Wildman–Crippen MR) is 126 cm³/mol. The van der Waals surface area contributed by atoms with Gasteiger partial charge in [-0.05, 0) is 44.9 Å². The number of amides is 1. The molecule has 2 aromatic rings. The van der Waals surface area contributed by atoms with Crippen LogP contribution >= 0.6 is 0 Å². The van der Waals surface area contributed by atoms with Crippen molar-refractivity contribution in [3.63, 3.8) is 0 Å². The normalized spacial score (nSPS) is 20.1.